The van der Waals surface area contributed by atoms with E-state index in [0.717, 1.165) is 27.2 Å². The highest BCUT2D eigenvalue weighted by atomic mass is 32.1. The van der Waals surface area contributed by atoms with Crippen molar-refractivity contribution in [1.29, 1.82) is 0 Å². The molecule has 5 heterocycles. The maximum atomic E-state index is 10.5. The number of likely N-dealkylation sites (tertiary alicyclic amines) is 1. The summed E-state index contributed by atoms with van der Waals surface area (Å²) in [6.07, 6.45) is 0.713. The van der Waals surface area contributed by atoms with Gasteiger partial charge in [0.1, 0.15) is 40.6 Å². The van der Waals surface area contributed by atoms with Gasteiger partial charge in [-0.05, 0) is 23.0 Å². The molecule has 1 saturated heterocycles. The number of furan rings is 1. The second kappa shape index (κ2) is 10.4. The van der Waals surface area contributed by atoms with Crippen LogP contribution >= 0.6 is 22.7 Å². The van der Waals surface area contributed by atoms with E-state index in [9.17, 15) is 10.2 Å². The molecule has 6 aromatic rings. The Balaban J connectivity index is 1.09. The molecule has 2 N–H and O–H groups in total. The quantitative estimate of drug-likeness (QED) is 0.246. The number of thiazole rings is 1. The van der Waals surface area contributed by atoms with Crippen molar-refractivity contribution in [1.82, 2.24) is 24.5 Å². The van der Waals surface area contributed by atoms with E-state index in [0.29, 0.717) is 51.8 Å². The molecule has 1 unspecified atom stereocenters. The van der Waals surface area contributed by atoms with Gasteiger partial charge >= 0.3 is 0 Å². The SMILES string of the molecule is COc1cc(OCc2csc(-c3ccc(C(O)N4CC(O)C4)cc3)n2)c2cc(-c3cn4nc(OC)sc4n3)oc2c1. The van der Waals surface area contributed by atoms with Gasteiger partial charge in [0.25, 0.3) is 5.19 Å². The van der Waals surface area contributed by atoms with Gasteiger partial charge in [0.15, 0.2) is 5.76 Å². The molecular formula is C28H25N5O6S2. The van der Waals surface area contributed by atoms with E-state index in [2.05, 4.69) is 10.1 Å². The van der Waals surface area contributed by atoms with Gasteiger partial charge in [0, 0.05) is 36.2 Å². The highest BCUT2D eigenvalue weighted by molar-refractivity contribution is 7.18. The average Bonchev–Trinajstić information content (AvgIpc) is 3.76. The molecule has 0 amide bonds. The van der Waals surface area contributed by atoms with Crippen molar-refractivity contribution in [3.63, 3.8) is 0 Å². The highest BCUT2D eigenvalue weighted by Crippen LogP contribution is 2.38. The fourth-order valence-electron chi connectivity index (χ4n) is 4.68. The van der Waals surface area contributed by atoms with Crippen molar-refractivity contribution in [2.45, 2.75) is 18.9 Å². The Morgan fingerprint density at radius 2 is 1.93 bits per heavy atom. The van der Waals surface area contributed by atoms with Crippen LogP contribution in [0.1, 0.15) is 17.5 Å². The maximum absolute atomic E-state index is 10.5. The van der Waals surface area contributed by atoms with Crippen LogP contribution in [0.4, 0.5) is 0 Å². The molecule has 13 heteroatoms. The summed E-state index contributed by atoms with van der Waals surface area (Å²) in [7, 11) is 3.17. The molecule has 1 fully saturated rings. The lowest BCUT2D eigenvalue weighted by atomic mass is 10.1. The Labute approximate surface area is 241 Å². The predicted octanol–water partition coefficient (Wildman–Crippen LogP) is 4.59. The van der Waals surface area contributed by atoms with Gasteiger partial charge in [0.05, 0.1) is 37.6 Å². The molecule has 4 aromatic heterocycles. The van der Waals surface area contributed by atoms with Crippen LogP contribution in [0.3, 0.4) is 0 Å². The third-order valence-electron chi connectivity index (χ3n) is 6.88. The zero-order valence-electron chi connectivity index (χ0n) is 22.1. The fourth-order valence-corrected chi connectivity index (χ4v) is 6.19. The van der Waals surface area contributed by atoms with Crippen molar-refractivity contribution in [3.05, 3.63) is 65.3 Å². The molecule has 0 radical (unpaired) electrons. The van der Waals surface area contributed by atoms with Crippen molar-refractivity contribution in [2.24, 2.45) is 0 Å². The summed E-state index contributed by atoms with van der Waals surface area (Å²) in [5.41, 5.74) is 3.80. The number of benzene rings is 2. The zero-order valence-corrected chi connectivity index (χ0v) is 23.7. The Morgan fingerprint density at radius 3 is 2.66 bits per heavy atom. The van der Waals surface area contributed by atoms with E-state index in [4.69, 9.17) is 23.6 Å². The van der Waals surface area contributed by atoms with Gasteiger partial charge in [0.2, 0.25) is 4.96 Å². The maximum Gasteiger partial charge on any atom is 0.294 e. The number of methoxy groups -OCH3 is 2. The minimum absolute atomic E-state index is 0.261. The number of fused-ring (bicyclic) bond motifs is 2. The van der Waals surface area contributed by atoms with E-state index < -0.39 is 6.23 Å². The van der Waals surface area contributed by atoms with Crippen LogP contribution in [-0.4, -0.2) is 68.1 Å². The van der Waals surface area contributed by atoms with Gasteiger partial charge in [-0.1, -0.05) is 24.3 Å². The number of rotatable bonds is 9. The molecule has 1 atom stereocenters. The van der Waals surface area contributed by atoms with E-state index >= 15 is 0 Å². The van der Waals surface area contributed by atoms with Crippen molar-refractivity contribution >= 4 is 38.6 Å². The molecule has 7 rings (SSSR count). The minimum Gasteiger partial charge on any atom is -0.496 e. The van der Waals surface area contributed by atoms with Gasteiger partial charge < -0.3 is 28.8 Å². The monoisotopic (exact) mass is 591 g/mol. The summed E-state index contributed by atoms with van der Waals surface area (Å²) in [4.78, 5) is 11.9. The Bertz CT molecular complexity index is 1800. The smallest absolute Gasteiger partial charge is 0.294 e. The van der Waals surface area contributed by atoms with E-state index in [1.54, 1.807) is 24.9 Å². The summed E-state index contributed by atoms with van der Waals surface area (Å²) in [5.74, 6) is 1.81. The summed E-state index contributed by atoms with van der Waals surface area (Å²) < 4.78 is 24.7. The third-order valence-corrected chi connectivity index (χ3v) is 8.70. The molecular weight excluding hydrogens is 566 g/mol. The lowest BCUT2D eigenvalue weighted by Crippen LogP contribution is -2.52. The number of hydrogen-bond donors (Lipinski definition) is 2. The van der Waals surface area contributed by atoms with Gasteiger partial charge in [-0.3, -0.25) is 4.90 Å². The summed E-state index contributed by atoms with van der Waals surface area (Å²) in [6.45, 7) is 1.22. The van der Waals surface area contributed by atoms with E-state index in [1.807, 2.05) is 52.7 Å². The number of hydrogen-bond acceptors (Lipinski definition) is 12. The molecule has 0 spiro atoms. The summed E-state index contributed by atoms with van der Waals surface area (Å²) >= 11 is 2.87. The number of nitrogens with zero attached hydrogens (tertiary/aromatic N) is 5. The zero-order chi connectivity index (χ0) is 28.1. The number of aliphatic hydroxyl groups excluding tert-OH is 2. The summed E-state index contributed by atoms with van der Waals surface area (Å²) in [5, 5.41) is 28.5. The lowest BCUT2D eigenvalue weighted by Gasteiger charge is -2.39. The van der Waals surface area contributed by atoms with Crippen LogP contribution < -0.4 is 14.2 Å². The number of ether oxygens (including phenoxy) is 3. The normalized spacial score (nSPS) is 14.9. The molecule has 0 bridgehead atoms. The van der Waals surface area contributed by atoms with Crippen molar-refractivity contribution in [3.8, 4) is 38.7 Å². The number of aromatic nitrogens is 4. The van der Waals surface area contributed by atoms with E-state index in [1.165, 1.54) is 22.7 Å². The standard InChI is InChI=1S/C28H25N5O6S2/c1-36-19-7-22(20-9-24(39-23(20)8-19)21-12-33-27(30-21)41-28(31-33)37-2)38-13-17-14-40-25(29-17)15-3-5-16(6-4-15)26(35)32-10-18(34)11-32/h3-9,12,14,18,26,34-35H,10-11,13H2,1-2H3. The molecule has 11 nitrogen and oxygen atoms in total. The predicted molar refractivity (Wildman–Crippen MR) is 154 cm³/mol. The number of imidazole rings is 1. The Kier molecular flexibility index (Phi) is 6.60. The van der Waals surface area contributed by atoms with Crippen LogP contribution in [0, 0.1) is 0 Å². The van der Waals surface area contributed by atoms with Crippen molar-refractivity contribution < 1.29 is 28.8 Å². The molecule has 0 aliphatic carbocycles. The van der Waals surface area contributed by atoms with E-state index in [-0.39, 0.29) is 12.7 Å². The Morgan fingerprint density at radius 1 is 1.10 bits per heavy atom. The molecule has 1 aliphatic rings. The molecule has 0 saturated carbocycles. The first kappa shape index (κ1) is 25.9. The van der Waals surface area contributed by atoms with Gasteiger partial charge in [-0.2, -0.15) is 0 Å². The number of β-amino-alcohol motifs (C(OH)–C–C–N with tert-alkyl or cyclic N) is 1. The first-order valence-corrected chi connectivity index (χ1v) is 14.5. The van der Waals surface area contributed by atoms with Crippen LogP contribution in [0.25, 0.3) is 38.0 Å². The average molecular weight is 592 g/mol. The van der Waals surface area contributed by atoms with Gasteiger partial charge in [-0.15, -0.1) is 16.4 Å². The first-order valence-electron chi connectivity index (χ1n) is 12.8. The highest BCUT2D eigenvalue weighted by Gasteiger charge is 2.30. The first-order chi connectivity index (χ1) is 20.0. The molecule has 1 aliphatic heterocycles. The molecule has 2 aromatic carbocycles. The lowest BCUT2D eigenvalue weighted by molar-refractivity contribution is -0.101. The molecule has 41 heavy (non-hydrogen) atoms. The van der Waals surface area contributed by atoms with Gasteiger partial charge in [-0.25, -0.2) is 14.5 Å². The third kappa shape index (κ3) is 4.91. The van der Waals surface area contributed by atoms with Crippen LogP contribution in [0.2, 0.25) is 0 Å². The number of aliphatic hydroxyl groups is 2. The minimum atomic E-state index is -0.721. The second-order valence-electron chi connectivity index (χ2n) is 9.61. The Hall–Kier alpha value is -4.01. The largest absolute Gasteiger partial charge is 0.496 e. The van der Waals surface area contributed by atoms with Crippen LogP contribution in [0.15, 0.2) is 58.5 Å². The summed E-state index contributed by atoms with van der Waals surface area (Å²) in [6, 6.07) is 13.2. The second-order valence-corrected chi connectivity index (χ2v) is 11.4. The van der Waals surface area contributed by atoms with Crippen LogP contribution in [0.5, 0.6) is 16.7 Å². The molecule has 210 valence electrons. The van der Waals surface area contributed by atoms with Crippen LogP contribution in [-0.2, 0) is 6.61 Å². The topological polar surface area (TPSA) is 128 Å². The fraction of sp³-hybridized carbons (Fsp3) is 0.250. The van der Waals surface area contributed by atoms with Crippen molar-refractivity contribution in [2.75, 3.05) is 27.3 Å².